The number of amides is 1. The van der Waals surface area contributed by atoms with E-state index in [1.807, 2.05) is 4.90 Å². The van der Waals surface area contributed by atoms with Crippen LogP contribution in [0.15, 0.2) is 0 Å². The van der Waals surface area contributed by atoms with E-state index in [-0.39, 0.29) is 16.8 Å². The number of nitrogens with zero attached hydrogens (tertiary/aromatic N) is 1. The fraction of sp³-hybridized carbons (Fsp3) is 0.929. The zero-order valence-electron chi connectivity index (χ0n) is 11.5. The summed E-state index contributed by atoms with van der Waals surface area (Å²) in [5.74, 6) is 0.145. The summed E-state index contributed by atoms with van der Waals surface area (Å²) < 4.78 is 0. The van der Waals surface area contributed by atoms with Crippen LogP contribution >= 0.6 is 11.6 Å². The quantitative estimate of drug-likeness (QED) is 0.501. The molecular formula is C14H26ClNO. The molecule has 0 spiro atoms. The van der Waals surface area contributed by atoms with Crippen molar-refractivity contribution in [3.8, 4) is 0 Å². The summed E-state index contributed by atoms with van der Waals surface area (Å²) in [6.07, 6.45) is 7.99. The van der Waals surface area contributed by atoms with E-state index in [1.165, 1.54) is 25.7 Å². The van der Waals surface area contributed by atoms with Gasteiger partial charge in [0.25, 0.3) is 0 Å². The highest BCUT2D eigenvalue weighted by molar-refractivity contribution is 6.31. The van der Waals surface area contributed by atoms with Gasteiger partial charge in [-0.15, -0.1) is 11.6 Å². The first-order valence-electron chi connectivity index (χ1n) is 7.00. The van der Waals surface area contributed by atoms with Crippen molar-refractivity contribution in [2.45, 2.75) is 76.6 Å². The molecule has 1 aliphatic heterocycles. The van der Waals surface area contributed by atoms with Crippen molar-refractivity contribution in [2.75, 3.05) is 6.54 Å². The lowest BCUT2D eigenvalue weighted by molar-refractivity contribution is -0.132. The molecule has 0 aromatic carbocycles. The standard InChI is InChI=1S/C14H26ClNO/c1-4-6-7-8-10-14(3,5-2)16-11-9-12(15)13(16)17/h12H,4-11H2,1-3H3/t12-,14?/m0/s1. The predicted octanol–water partition coefficient (Wildman–Crippen LogP) is 3.97. The third-order valence-corrected chi connectivity index (χ3v) is 4.53. The van der Waals surface area contributed by atoms with Crippen LogP contribution in [0.2, 0.25) is 0 Å². The number of unbranched alkanes of at least 4 members (excludes halogenated alkanes) is 3. The lowest BCUT2D eigenvalue weighted by atomic mass is 9.89. The normalized spacial score (nSPS) is 24.1. The summed E-state index contributed by atoms with van der Waals surface area (Å²) in [5.41, 5.74) is 0.0223. The van der Waals surface area contributed by atoms with Gasteiger partial charge >= 0.3 is 0 Å². The predicted molar refractivity (Wildman–Crippen MR) is 73.4 cm³/mol. The van der Waals surface area contributed by atoms with E-state index in [1.54, 1.807) is 0 Å². The lowest BCUT2D eigenvalue weighted by Gasteiger charge is -2.38. The van der Waals surface area contributed by atoms with Crippen LogP contribution in [0.3, 0.4) is 0 Å². The van der Waals surface area contributed by atoms with Crippen molar-refractivity contribution in [1.29, 1.82) is 0 Å². The van der Waals surface area contributed by atoms with E-state index in [0.29, 0.717) is 0 Å². The van der Waals surface area contributed by atoms with Crippen LogP contribution in [-0.4, -0.2) is 28.3 Å². The molecule has 1 unspecified atom stereocenters. The molecule has 100 valence electrons. The molecule has 0 radical (unpaired) electrons. The first-order chi connectivity index (χ1) is 8.05. The summed E-state index contributed by atoms with van der Waals surface area (Å²) in [6.45, 7) is 7.45. The fourth-order valence-corrected chi connectivity index (χ4v) is 2.83. The Morgan fingerprint density at radius 1 is 1.35 bits per heavy atom. The molecule has 1 rings (SSSR count). The number of halogens is 1. The number of hydrogen-bond donors (Lipinski definition) is 0. The SMILES string of the molecule is CCCCCCC(C)(CC)N1CC[C@H](Cl)C1=O. The van der Waals surface area contributed by atoms with Crippen LogP contribution in [0.5, 0.6) is 0 Å². The number of rotatable bonds is 7. The monoisotopic (exact) mass is 259 g/mol. The van der Waals surface area contributed by atoms with Gasteiger partial charge in [0.1, 0.15) is 5.38 Å². The maximum atomic E-state index is 12.0. The highest BCUT2D eigenvalue weighted by atomic mass is 35.5. The molecule has 1 amide bonds. The maximum absolute atomic E-state index is 12.0. The molecule has 0 aromatic heterocycles. The number of hydrogen-bond acceptors (Lipinski definition) is 1. The van der Waals surface area contributed by atoms with Gasteiger partial charge in [-0.05, 0) is 26.2 Å². The van der Waals surface area contributed by atoms with Gasteiger partial charge in [-0.25, -0.2) is 0 Å². The minimum Gasteiger partial charge on any atom is -0.336 e. The van der Waals surface area contributed by atoms with Crippen LogP contribution in [0.4, 0.5) is 0 Å². The molecule has 1 fully saturated rings. The molecule has 0 bridgehead atoms. The van der Waals surface area contributed by atoms with Crippen LogP contribution in [0, 0.1) is 0 Å². The Morgan fingerprint density at radius 3 is 2.53 bits per heavy atom. The number of alkyl halides is 1. The highest BCUT2D eigenvalue weighted by Crippen LogP contribution is 2.32. The first-order valence-corrected chi connectivity index (χ1v) is 7.44. The minimum absolute atomic E-state index is 0.0223. The molecule has 0 saturated carbocycles. The second-order valence-electron chi connectivity index (χ2n) is 5.41. The summed E-state index contributed by atoms with van der Waals surface area (Å²) in [5, 5.41) is -0.281. The van der Waals surface area contributed by atoms with Crippen molar-refractivity contribution in [3.05, 3.63) is 0 Å². The van der Waals surface area contributed by atoms with Crippen LogP contribution in [0.25, 0.3) is 0 Å². The molecule has 2 atom stereocenters. The first kappa shape index (κ1) is 14.8. The summed E-state index contributed by atoms with van der Waals surface area (Å²) in [6, 6.07) is 0. The zero-order valence-corrected chi connectivity index (χ0v) is 12.2. The Labute approximate surface area is 111 Å². The van der Waals surface area contributed by atoms with Crippen LogP contribution in [-0.2, 0) is 4.79 Å². The van der Waals surface area contributed by atoms with Gasteiger partial charge in [-0.2, -0.15) is 0 Å². The molecule has 1 heterocycles. The Balaban J connectivity index is 2.52. The fourth-order valence-electron chi connectivity index (χ4n) is 2.62. The van der Waals surface area contributed by atoms with Crippen molar-refractivity contribution < 1.29 is 4.79 Å². The van der Waals surface area contributed by atoms with Gasteiger partial charge in [0.05, 0.1) is 0 Å². The smallest absolute Gasteiger partial charge is 0.241 e. The van der Waals surface area contributed by atoms with Crippen molar-refractivity contribution in [2.24, 2.45) is 0 Å². The minimum atomic E-state index is -0.281. The third kappa shape index (κ3) is 3.61. The van der Waals surface area contributed by atoms with Gasteiger partial charge in [-0.1, -0.05) is 39.5 Å². The lowest BCUT2D eigenvalue weighted by Crippen LogP contribution is -2.47. The number of carbonyl (C=O) groups is 1. The van der Waals surface area contributed by atoms with Gasteiger partial charge in [0.15, 0.2) is 0 Å². The molecule has 2 nitrogen and oxygen atoms in total. The van der Waals surface area contributed by atoms with Crippen molar-refractivity contribution in [1.82, 2.24) is 4.90 Å². The van der Waals surface area contributed by atoms with Crippen LogP contribution < -0.4 is 0 Å². The van der Waals surface area contributed by atoms with E-state index in [9.17, 15) is 4.79 Å². The van der Waals surface area contributed by atoms with E-state index in [0.717, 1.165) is 25.8 Å². The number of carbonyl (C=O) groups excluding carboxylic acids is 1. The Morgan fingerprint density at radius 2 is 2.06 bits per heavy atom. The number of likely N-dealkylation sites (tertiary alicyclic amines) is 1. The Hall–Kier alpha value is -0.240. The third-order valence-electron chi connectivity index (χ3n) is 4.12. The topological polar surface area (TPSA) is 20.3 Å². The Bertz CT molecular complexity index is 257. The average molecular weight is 260 g/mol. The van der Waals surface area contributed by atoms with E-state index >= 15 is 0 Å². The van der Waals surface area contributed by atoms with E-state index < -0.39 is 0 Å². The van der Waals surface area contributed by atoms with Gasteiger partial charge in [0, 0.05) is 12.1 Å². The van der Waals surface area contributed by atoms with Gasteiger partial charge < -0.3 is 4.90 Å². The Kier molecular flexibility index (Phi) is 5.78. The molecule has 0 aromatic rings. The molecule has 0 aliphatic carbocycles. The highest BCUT2D eigenvalue weighted by Gasteiger charge is 2.40. The van der Waals surface area contributed by atoms with Crippen LogP contribution in [0.1, 0.15) is 65.7 Å². The summed E-state index contributed by atoms with van der Waals surface area (Å²) in [4.78, 5) is 14.0. The van der Waals surface area contributed by atoms with E-state index in [2.05, 4.69) is 20.8 Å². The van der Waals surface area contributed by atoms with E-state index in [4.69, 9.17) is 11.6 Å². The largest absolute Gasteiger partial charge is 0.336 e. The zero-order chi connectivity index (χ0) is 12.9. The van der Waals surface area contributed by atoms with Crippen molar-refractivity contribution in [3.63, 3.8) is 0 Å². The molecular weight excluding hydrogens is 234 g/mol. The molecule has 1 aliphatic rings. The van der Waals surface area contributed by atoms with Gasteiger partial charge in [0.2, 0.25) is 5.91 Å². The maximum Gasteiger partial charge on any atom is 0.241 e. The molecule has 1 saturated heterocycles. The second-order valence-corrected chi connectivity index (χ2v) is 5.93. The average Bonchev–Trinajstić information content (AvgIpc) is 2.66. The second kappa shape index (κ2) is 6.63. The summed E-state index contributed by atoms with van der Waals surface area (Å²) >= 11 is 6.01. The molecule has 17 heavy (non-hydrogen) atoms. The van der Waals surface area contributed by atoms with Crippen molar-refractivity contribution >= 4 is 17.5 Å². The summed E-state index contributed by atoms with van der Waals surface area (Å²) in [7, 11) is 0. The molecule has 3 heteroatoms. The molecule has 0 N–H and O–H groups in total. The van der Waals surface area contributed by atoms with Gasteiger partial charge in [-0.3, -0.25) is 4.79 Å².